The van der Waals surface area contributed by atoms with Crippen LogP contribution >= 0.6 is 0 Å². The minimum Gasteiger partial charge on any atom is -0.396 e. The SMILES string of the molecule is CCNC(CCO)C(C)O. The highest BCUT2D eigenvalue weighted by molar-refractivity contribution is 4.70. The van der Waals surface area contributed by atoms with E-state index < -0.39 is 0 Å². The average Bonchev–Trinajstić information content (AvgIpc) is 1.87. The third-order valence-electron chi connectivity index (χ3n) is 1.49. The van der Waals surface area contributed by atoms with Crippen molar-refractivity contribution in [2.24, 2.45) is 0 Å². The largest absolute Gasteiger partial charge is 0.396 e. The molecule has 0 aromatic heterocycles. The molecule has 3 N–H and O–H groups in total. The lowest BCUT2D eigenvalue weighted by molar-refractivity contribution is 0.126. The van der Waals surface area contributed by atoms with Gasteiger partial charge in [-0.2, -0.15) is 0 Å². The van der Waals surface area contributed by atoms with Crippen LogP contribution in [0.4, 0.5) is 0 Å². The van der Waals surface area contributed by atoms with Crippen molar-refractivity contribution < 1.29 is 10.2 Å². The summed E-state index contributed by atoms with van der Waals surface area (Å²) >= 11 is 0. The highest BCUT2D eigenvalue weighted by Gasteiger charge is 2.11. The monoisotopic (exact) mass is 147 g/mol. The van der Waals surface area contributed by atoms with E-state index in [9.17, 15) is 0 Å². The van der Waals surface area contributed by atoms with Gasteiger partial charge in [-0.15, -0.1) is 0 Å². The zero-order valence-electron chi connectivity index (χ0n) is 6.67. The summed E-state index contributed by atoms with van der Waals surface area (Å²) in [6.45, 7) is 4.66. The van der Waals surface area contributed by atoms with Crippen LogP contribution in [0.5, 0.6) is 0 Å². The Morgan fingerprint density at radius 2 is 2.10 bits per heavy atom. The fourth-order valence-corrected chi connectivity index (χ4v) is 0.915. The second kappa shape index (κ2) is 5.65. The van der Waals surface area contributed by atoms with Crippen LogP contribution < -0.4 is 5.32 Å². The molecule has 0 amide bonds. The van der Waals surface area contributed by atoms with E-state index in [1.807, 2.05) is 6.92 Å². The fraction of sp³-hybridized carbons (Fsp3) is 1.00. The second-order valence-electron chi connectivity index (χ2n) is 2.42. The number of hydrogen-bond donors (Lipinski definition) is 3. The van der Waals surface area contributed by atoms with Crippen molar-refractivity contribution >= 4 is 0 Å². The normalized spacial score (nSPS) is 16.8. The molecule has 0 fully saturated rings. The zero-order valence-corrected chi connectivity index (χ0v) is 6.67. The Labute approximate surface area is 62.1 Å². The van der Waals surface area contributed by atoms with Gasteiger partial charge in [0.1, 0.15) is 0 Å². The van der Waals surface area contributed by atoms with Gasteiger partial charge in [0, 0.05) is 12.6 Å². The first-order chi connectivity index (χ1) is 4.72. The Morgan fingerprint density at radius 1 is 1.50 bits per heavy atom. The molecule has 10 heavy (non-hydrogen) atoms. The molecule has 0 aromatic carbocycles. The van der Waals surface area contributed by atoms with E-state index in [-0.39, 0.29) is 18.8 Å². The maximum Gasteiger partial charge on any atom is 0.0665 e. The Morgan fingerprint density at radius 3 is 2.40 bits per heavy atom. The maximum atomic E-state index is 9.10. The molecule has 0 radical (unpaired) electrons. The summed E-state index contributed by atoms with van der Waals surface area (Å²) in [6, 6.07) is 0.0370. The number of hydrogen-bond acceptors (Lipinski definition) is 3. The molecule has 0 aliphatic rings. The van der Waals surface area contributed by atoms with Crippen LogP contribution in [0.3, 0.4) is 0 Å². The van der Waals surface area contributed by atoms with E-state index >= 15 is 0 Å². The smallest absolute Gasteiger partial charge is 0.0665 e. The molecule has 0 saturated carbocycles. The fourth-order valence-electron chi connectivity index (χ4n) is 0.915. The molecule has 3 nitrogen and oxygen atoms in total. The predicted molar refractivity (Wildman–Crippen MR) is 40.8 cm³/mol. The van der Waals surface area contributed by atoms with Gasteiger partial charge < -0.3 is 15.5 Å². The van der Waals surface area contributed by atoms with E-state index in [4.69, 9.17) is 10.2 Å². The van der Waals surface area contributed by atoms with Crippen molar-refractivity contribution in [1.29, 1.82) is 0 Å². The molecule has 0 heterocycles. The predicted octanol–water partition coefficient (Wildman–Crippen LogP) is -0.272. The van der Waals surface area contributed by atoms with E-state index in [0.29, 0.717) is 6.42 Å². The number of rotatable bonds is 5. The van der Waals surface area contributed by atoms with Gasteiger partial charge in [-0.3, -0.25) is 0 Å². The molecule has 0 aliphatic carbocycles. The number of likely N-dealkylation sites (N-methyl/N-ethyl adjacent to an activating group) is 1. The van der Waals surface area contributed by atoms with Crippen molar-refractivity contribution in [1.82, 2.24) is 5.32 Å². The van der Waals surface area contributed by atoms with Crippen molar-refractivity contribution in [3.63, 3.8) is 0 Å². The van der Waals surface area contributed by atoms with Crippen molar-refractivity contribution in [2.75, 3.05) is 13.2 Å². The summed E-state index contributed by atoms with van der Waals surface area (Å²) in [6.07, 6.45) is 0.234. The Balaban J connectivity index is 3.50. The zero-order chi connectivity index (χ0) is 7.98. The van der Waals surface area contributed by atoms with E-state index in [1.165, 1.54) is 0 Å². The summed E-state index contributed by atoms with van der Waals surface area (Å²) in [5, 5.41) is 20.7. The summed E-state index contributed by atoms with van der Waals surface area (Å²) in [7, 11) is 0. The molecule has 0 saturated heterocycles. The van der Waals surface area contributed by atoms with Crippen LogP contribution in [0.1, 0.15) is 20.3 Å². The number of aliphatic hydroxyl groups is 2. The summed E-state index contributed by atoms with van der Waals surface area (Å²) in [5.41, 5.74) is 0. The van der Waals surface area contributed by atoms with Crippen molar-refractivity contribution in [3.8, 4) is 0 Å². The van der Waals surface area contributed by atoms with Crippen LogP contribution in [0.15, 0.2) is 0 Å². The molecule has 2 unspecified atom stereocenters. The molecule has 3 heteroatoms. The third-order valence-corrected chi connectivity index (χ3v) is 1.49. The second-order valence-corrected chi connectivity index (χ2v) is 2.42. The van der Waals surface area contributed by atoms with Crippen molar-refractivity contribution in [2.45, 2.75) is 32.4 Å². The lowest BCUT2D eigenvalue weighted by atomic mass is 10.1. The number of nitrogens with one attached hydrogen (secondary N) is 1. The summed E-state index contributed by atoms with van der Waals surface area (Å²) < 4.78 is 0. The third kappa shape index (κ3) is 3.82. The summed E-state index contributed by atoms with van der Waals surface area (Å²) in [4.78, 5) is 0. The van der Waals surface area contributed by atoms with E-state index in [1.54, 1.807) is 6.92 Å². The van der Waals surface area contributed by atoms with Gasteiger partial charge in [0.15, 0.2) is 0 Å². The Bertz CT molecular complexity index is 70.0. The quantitative estimate of drug-likeness (QED) is 0.501. The minimum absolute atomic E-state index is 0.0370. The standard InChI is InChI=1S/C7H17NO2/c1-3-8-7(4-5-9)6(2)10/h6-10H,3-5H2,1-2H3. The van der Waals surface area contributed by atoms with Gasteiger partial charge in [0.05, 0.1) is 6.10 Å². The highest BCUT2D eigenvalue weighted by atomic mass is 16.3. The molecule has 0 bridgehead atoms. The van der Waals surface area contributed by atoms with Gasteiger partial charge in [-0.25, -0.2) is 0 Å². The topological polar surface area (TPSA) is 52.5 Å². The van der Waals surface area contributed by atoms with Gasteiger partial charge >= 0.3 is 0 Å². The van der Waals surface area contributed by atoms with Crippen LogP contribution in [-0.2, 0) is 0 Å². The lowest BCUT2D eigenvalue weighted by Crippen LogP contribution is -2.38. The van der Waals surface area contributed by atoms with Crippen LogP contribution in [0.2, 0.25) is 0 Å². The Hall–Kier alpha value is -0.120. The minimum atomic E-state index is -0.382. The van der Waals surface area contributed by atoms with Crippen LogP contribution in [0.25, 0.3) is 0 Å². The molecular formula is C7H17NO2. The molecule has 0 rings (SSSR count). The first-order valence-corrected chi connectivity index (χ1v) is 3.74. The molecule has 62 valence electrons. The molecular weight excluding hydrogens is 130 g/mol. The Kier molecular flexibility index (Phi) is 5.58. The molecule has 0 aliphatic heterocycles. The van der Waals surface area contributed by atoms with Crippen molar-refractivity contribution in [3.05, 3.63) is 0 Å². The molecule has 0 aromatic rings. The first-order valence-electron chi connectivity index (χ1n) is 3.74. The van der Waals surface area contributed by atoms with Crippen LogP contribution in [-0.4, -0.2) is 35.5 Å². The van der Waals surface area contributed by atoms with Crippen LogP contribution in [0, 0.1) is 0 Å². The summed E-state index contributed by atoms with van der Waals surface area (Å²) in [5.74, 6) is 0. The maximum absolute atomic E-state index is 9.10. The lowest BCUT2D eigenvalue weighted by Gasteiger charge is -2.19. The highest BCUT2D eigenvalue weighted by Crippen LogP contribution is 1.96. The molecule has 0 spiro atoms. The first kappa shape index (κ1) is 9.88. The average molecular weight is 147 g/mol. The van der Waals surface area contributed by atoms with E-state index in [2.05, 4.69) is 5.32 Å². The van der Waals surface area contributed by atoms with Gasteiger partial charge in [0.25, 0.3) is 0 Å². The van der Waals surface area contributed by atoms with Gasteiger partial charge in [-0.05, 0) is 19.9 Å². The van der Waals surface area contributed by atoms with Gasteiger partial charge in [-0.1, -0.05) is 6.92 Å². The van der Waals surface area contributed by atoms with Gasteiger partial charge in [0.2, 0.25) is 0 Å². The number of aliphatic hydroxyl groups excluding tert-OH is 2. The van der Waals surface area contributed by atoms with E-state index in [0.717, 1.165) is 6.54 Å². The molecule has 2 atom stereocenters.